The molecule has 0 fully saturated rings. The third kappa shape index (κ3) is 2.99. The van der Waals surface area contributed by atoms with Gasteiger partial charge in [0.05, 0.1) is 0 Å². The minimum absolute atomic E-state index is 0.00968. The number of aliphatic carboxylic acids is 1. The van der Waals surface area contributed by atoms with Gasteiger partial charge in [-0.05, 0) is 28.7 Å². The van der Waals surface area contributed by atoms with E-state index in [-0.39, 0.29) is 6.61 Å². The van der Waals surface area contributed by atoms with E-state index < -0.39 is 11.9 Å². The second-order valence-electron chi connectivity index (χ2n) is 2.47. The Labute approximate surface area is 94.0 Å². The van der Waals surface area contributed by atoms with Crippen molar-refractivity contribution in [2.75, 3.05) is 0 Å². The number of carboxylic acid groups (broad SMARTS) is 1. The third-order valence-electron chi connectivity index (χ3n) is 1.49. The summed E-state index contributed by atoms with van der Waals surface area (Å²) in [6.07, 6.45) is 0. The van der Waals surface area contributed by atoms with Crippen molar-refractivity contribution in [1.82, 2.24) is 0 Å². The van der Waals surface area contributed by atoms with E-state index in [1.165, 1.54) is 0 Å². The van der Waals surface area contributed by atoms with Crippen LogP contribution in [0.5, 0.6) is 0 Å². The monoisotopic (exact) mass is 306 g/mol. The average Bonchev–Trinajstić information content (AvgIpc) is 2.16. The molecule has 1 aromatic rings. The van der Waals surface area contributed by atoms with Gasteiger partial charge in [-0.3, -0.25) is 0 Å². The van der Waals surface area contributed by atoms with Crippen LogP contribution in [0.2, 0.25) is 0 Å². The predicted octanol–water partition coefficient (Wildman–Crippen LogP) is 1.42. The second-order valence-corrected chi connectivity index (χ2v) is 3.63. The predicted molar refractivity (Wildman–Crippen MR) is 56.6 cm³/mol. The van der Waals surface area contributed by atoms with Crippen LogP contribution >= 0.6 is 22.6 Å². The van der Waals surface area contributed by atoms with Crippen LogP contribution in [-0.4, -0.2) is 17.0 Å². The molecule has 74 valence electrons. The number of benzene rings is 1. The quantitative estimate of drug-likeness (QED) is 0.510. The number of carbonyl (C=O) groups is 2. The van der Waals surface area contributed by atoms with E-state index in [0.29, 0.717) is 0 Å². The van der Waals surface area contributed by atoms with Crippen molar-refractivity contribution in [3.05, 3.63) is 33.4 Å². The molecular weight excluding hydrogens is 299 g/mol. The first-order valence-corrected chi connectivity index (χ1v) is 4.82. The van der Waals surface area contributed by atoms with Gasteiger partial charge in [-0.2, -0.15) is 0 Å². The summed E-state index contributed by atoms with van der Waals surface area (Å²) in [6.45, 7) is -0.00968. The molecule has 0 saturated heterocycles. The molecule has 0 aliphatic carbocycles. The lowest BCUT2D eigenvalue weighted by Gasteiger charge is -2.03. The molecule has 1 N–H and O–H groups in total. The van der Waals surface area contributed by atoms with Crippen molar-refractivity contribution in [1.29, 1.82) is 0 Å². The summed E-state index contributed by atoms with van der Waals surface area (Å²) in [6, 6.07) is 7.28. The Morgan fingerprint density at radius 1 is 1.36 bits per heavy atom. The van der Waals surface area contributed by atoms with Gasteiger partial charge < -0.3 is 9.84 Å². The molecule has 0 aliphatic rings. The van der Waals surface area contributed by atoms with E-state index in [1.54, 1.807) is 12.1 Å². The number of rotatable bonds is 2. The van der Waals surface area contributed by atoms with Crippen LogP contribution in [0.3, 0.4) is 0 Å². The summed E-state index contributed by atoms with van der Waals surface area (Å²) in [5, 5.41) is 8.25. The highest BCUT2D eigenvalue weighted by atomic mass is 127. The molecule has 0 atom stereocenters. The van der Waals surface area contributed by atoms with Crippen molar-refractivity contribution in [3.63, 3.8) is 0 Å². The maximum absolute atomic E-state index is 10.6. The first-order valence-electron chi connectivity index (χ1n) is 3.74. The molecule has 0 aromatic heterocycles. The van der Waals surface area contributed by atoms with Crippen molar-refractivity contribution < 1.29 is 19.4 Å². The lowest BCUT2D eigenvalue weighted by molar-refractivity contribution is -0.164. The van der Waals surface area contributed by atoms with Gasteiger partial charge in [0.1, 0.15) is 6.61 Å². The van der Waals surface area contributed by atoms with E-state index in [9.17, 15) is 9.59 Å². The number of carboxylic acids is 1. The molecule has 0 heterocycles. The van der Waals surface area contributed by atoms with E-state index in [0.717, 1.165) is 9.13 Å². The number of hydrogen-bond acceptors (Lipinski definition) is 3. The average molecular weight is 306 g/mol. The molecule has 5 heteroatoms. The molecule has 0 aliphatic heterocycles. The zero-order valence-electron chi connectivity index (χ0n) is 7.07. The third-order valence-corrected chi connectivity index (χ3v) is 2.54. The molecule has 0 saturated carbocycles. The Bertz CT molecular complexity index is 362. The smallest absolute Gasteiger partial charge is 0.417 e. The minimum atomic E-state index is -1.57. The van der Waals surface area contributed by atoms with Crippen LogP contribution in [0.15, 0.2) is 24.3 Å². The van der Waals surface area contributed by atoms with Crippen molar-refractivity contribution in [2.24, 2.45) is 0 Å². The molecule has 0 unspecified atom stereocenters. The van der Waals surface area contributed by atoms with Gasteiger partial charge in [-0.1, -0.05) is 18.2 Å². The first kappa shape index (κ1) is 11.0. The van der Waals surface area contributed by atoms with E-state index in [4.69, 9.17) is 5.11 Å². The number of esters is 1. The number of hydrogen-bond donors (Lipinski definition) is 1. The van der Waals surface area contributed by atoms with Crippen molar-refractivity contribution in [3.8, 4) is 0 Å². The highest BCUT2D eigenvalue weighted by Crippen LogP contribution is 2.12. The van der Waals surface area contributed by atoms with Crippen LogP contribution in [0.25, 0.3) is 0 Å². The Balaban J connectivity index is 2.58. The van der Waals surface area contributed by atoms with Crippen molar-refractivity contribution >= 4 is 34.5 Å². The molecule has 0 radical (unpaired) electrons. The Kier molecular flexibility index (Phi) is 3.87. The Morgan fingerprint density at radius 2 is 2.00 bits per heavy atom. The maximum atomic E-state index is 10.6. The second kappa shape index (κ2) is 4.94. The van der Waals surface area contributed by atoms with Crippen LogP contribution < -0.4 is 0 Å². The molecule has 4 nitrogen and oxygen atoms in total. The molecule has 0 bridgehead atoms. The molecule has 0 spiro atoms. The lowest BCUT2D eigenvalue weighted by Crippen LogP contribution is -2.16. The van der Waals surface area contributed by atoms with Gasteiger partial charge in [0.2, 0.25) is 0 Å². The topological polar surface area (TPSA) is 63.6 Å². The summed E-state index contributed by atoms with van der Waals surface area (Å²) >= 11 is 2.09. The van der Waals surface area contributed by atoms with E-state index in [1.807, 2.05) is 12.1 Å². The van der Waals surface area contributed by atoms with Gasteiger partial charge in [-0.25, -0.2) is 9.59 Å². The van der Waals surface area contributed by atoms with Crippen LogP contribution in [-0.2, 0) is 20.9 Å². The molecule has 1 aromatic carbocycles. The minimum Gasteiger partial charge on any atom is -0.473 e. The fourth-order valence-corrected chi connectivity index (χ4v) is 1.36. The summed E-state index contributed by atoms with van der Waals surface area (Å²) in [5.74, 6) is -2.81. The molecular formula is C9H7IO4. The zero-order chi connectivity index (χ0) is 10.6. The van der Waals surface area contributed by atoms with Crippen LogP contribution in [0, 0.1) is 3.57 Å². The fourth-order valence-electron chi connectivity index (χ4n) is 0.820. The van der Waals surface area contributed by atoms with Crippen LogP contribution in [0.1, 0.15) is 5.56 Å². The summed E-state index contributed by atoms with van der Waals surface area (Å²) in [7, 11) is 0. The SMILES string of the molecule is O=C(O)C(=O)OCc1ccccc1I. The number of halogens is 1. The van der Waals surface area contributed by atoms with Gasteiger partial charge in [0.15, 0.2) is 0 Å². The largest absolute Gasteiger partial charge is 0.473 e. The number of ether oxygens (including phenoxy) is 1. The van der Waals surface area contributed by atoms with E-state index >= 15 is 0 Å². The maximum Gasteiger partial charge on any atom is 0.417 e. The summed E-state index contributed by atoms with van der Waals surface area (Å²) in [4.78, 5) is 20.7. The standard InChI is InChI=1S/C9H7IO4/c10-7-4-2-1-3-6(7)5-14-9(13)8(11)12/h1-4H,5H2,(H,11,12). The Morgan fingerprint density at radius 3 is 2.57 bits per heavy atom. The van der Waals surface area contributed by atoms with E-state index in [2.05, 4.69) is 27.3 Å². The first-order chi connectivity index (χ1) is 6.61. The molecule has 1 rings (SSSR count). The highest BCUT2D eigenvalue weighted by Gasteiger charge is 2.13. The number of carbonyl (C=O) groups excluding carboxylic acids is 1. The fraction of sp³-hybridized carbons (Fsp3) is 0.111. The van der Waals surface area contributed by atoms with Gasteiger partial charge in [0, 0.05) is 9.13 Å². The highest BCUT2D eigenvalue weighted by molar-refractivity contribution is 14.1. The lowest BCUT2D eigenvalue weighted by atomic mass is 10.2. The summed E-state index contributed by atoms with van der Waals surface area (Å²) < 4.78 is 5.46. The normalized spacial score (nSPS) is 9.50. The Hall–Kier alpha value is -1.11. The summed E-state index contributed by atoms with van der Waals surface area (Å²) in [5.41, 5.74) is 0.794. The molecule has 14 heavy (non-hydrogen) atoms. The van der Waals surface area contributed by atoms with Crippen molar-refractivity contribution in [2.45, 2.75) is 6.61 Å². The van der Waals surface area contributed by atoms with Gasteiger partial charge >= 0.3 is 11.9 Å². The zero-order valence-corrected chi connectivity index (χ0v) is 9.22. The molecule has 0 amide bonds. The van der Waals surface area contributed by atoms with Crippen LogP contribution in [0.4, 0.5) is 0 Å². The van der Waals surface area contributed by atoms with Gasteiger partial charge in [0.25, 0.3) is 0 Å². The van der Waals surface area contributed by atoms with Gasteiger partial charge in [-0.15, -0.1) is 0 Å².